The van der Waals surface area contributed by atoms with Crippen molar-refractivity contribution >= 4 is 11.1 Å². The third-order valence-corrected chi connectivity index (χ3v) is 3.33. The van der Waals surface area contributed by atoms with Crippen molar-refractivity contribution in [1.82, 2.24) is 4.57 Å². The molecule has 102 valence electrons. The van der Waals surface area contributed by atoms with E-state index in [1.807, 2.05) is 0 Å². The summed E-state index contributed by atoms with van der Waals surface area (Å²) in [6.07, 6.45) is -1.11. The predicted octanol–water partition coefficient (Wildman–Crippen LogP) is 2.35. The molecule has 4 nitrogen and oxygen atoms in total. The fraction of sp³-hybridized carbons (Fsp3) is 0.133. The minimum Gasteiger partial charge on any atom is -0.408 e. The largest absolute Gasteiger partial charge is 0.419 e. The highest BCUT2D eigenvalue weighted by Gasteiger charge is 2.16. The van der Waals surface area contributed by atoms with E-state index in [1.54, 1.807) is 37.4 Å². The van der Waals surface area contributed by atoms with E-state index in [1.165, 1.54) is 16.7 Å². The summed E-state index contributed by atoms with van der Waals surface area (Å²) < 4.78 is 20.1. The summed E-state index contributed by atoms with van der Waals surface area (Å²) in [7, 11) is 1.60. The maximum absolute atomic E-state index is 13.7. The summed E-state index contributed by atoms with van der Waals surface area (Å²) >= 11 is 0. The van der Waals surface area contributed by atoms with Gasteiger partial charge in [-0.3, -0.25) is 4.57 Å². The molecule has 3 rings (SSSR count). The lowest BCUT2D eigenvalue weighted by atomic mass is 10.0. The molecule has 0 saturated carbocycles. The number of rotatable bonds is 2. The summed E-state index contributed by atoms with van der Waals surface area (Å²) in [5.41, 5.74) is 1.65. The van der Waals surface area contributed by atoms with Crippen molar-refractivity contribution in [3.8, 4) is 0 Å². The van der Waals surface area contributed by atoms with Gasteiger partial charge >= 0.3 is 5.76 Å². The van der Waals surface area contributed by atoms with Gasteiger partial charge in [-0.1, -0.05) is 24.3 Å². The Balaban J connectivity index is 2.11. The number of aliphatic hydroxyl groups excluding tert-OH is 1. The molecule has 1 atom stereocenters. The first-order valence-electron chi connectivity index (χ1n) is 6.10. The lowest BCUT2D eigenvalue weighted by Gasteiger charge is -2.12. The van der Waals surface area contributed by atoms with Crippen LogP contribution in [0, 0.1) is 5.82 Å². The van der Waals surface area contributed by atoms with Gasteiger partial charge in [0.1, 0.15) is 11.9 Å². The lowest BCUT2D eigenvalue weighted by molar-refractivity contribution is 0.215. The molecule has 1 aromatic heterocycles. The number of hydrogen-bond acceptors (Lipinski definition) is 3. The second-order valence-corrected chi connectivity index (χ2v) is 4.58. The van der Waals surface area contributed by atoms with Crippen LogP contribution in [0.4, 0.5) is 4.39 Å². The second kappa shape index (κ2) is 4.61. The highest BCUT2D eigenvalue weighted by molar-refractivity contribution is 5.74. The average molecular weight is 273 g/mol. The van der Waals surface area contributed by atoms with Gasteiger partial charge < -0.3 is 9.52 Å². The quantitative estimate of drug-likeness (QED) is 0.779. The molecule has 0 saturated heterocycles. The molecule has 0 bridgehead atoms. The molecule has 0 radical (unpaired) electrons. The van der Waals surface area contributed by atoms with Crippen LogP contribution >= 0.6 is 0 Å². The number of fused-ring (bicyclic) bond motifs is 1. The second-order valence-electron chi connectivity index (χ2n) is 4.58. The van der Waals surface area contributed by atoms with Crippen LogP contribution in [-0.2, 0) is 7.05 Å². The highest BCUT2D eigenvalue weighted by Crippen LogP contribution is 2.26. The number of benzene rings is 2. The topological polar surface area (TPSA) is 55.4 Å². The molecule has 2 aromatic carbocycles. The maximum Gasteiger partial charge on any atom is 0.419 e. The summed E-state index contributed by atoms with van der Waals surface area (Å²) in [5.74, 6) is -0.952. The number of aliphatic hydroxyl groups is 1. The van der Waals surface area contributed by atoms with E-state index < -0.39 is 17.7 Å². The molecule has 0 fully saturated rings. The SMILES string of the molecule is Cn1c(=O)oc2cc(C(O)c3ccccc3F)ccc21. The van der Waals surface area contributed by atoms with E-state index in [4.69, 9.17) is 4.42 Å². The van der Waals surface area contributed by atoms with E-state index in [9.17, 15) is 14.3 Å². The Morgan fingerprint density at radius 1 is 1.25 bits per heavy atom. The standard InChI is InChI=1S/C15H12FNO3/c1-17-12-7-6-9(8-13(12)20-15(17)19)14(18)10-4-2-3-5-11(10)16/h2-8,14,18H,1H3. The third-order valence-electron chi connectivity index (χ3n) is 3.33. The van der Waals surface area contributed by atoms with Crippen molar-refractivity contribution in [2.24, 2.45) is 7.05 Å². The Morgan fingerprint density at radius 2 is 2.00 bits per heavy atom. The van der Waals surface area contributed by atoms with E-state index in [0.29, 0.717) is 16.7 Å². The third kappa shape index (κ3) is 1.92. The molecule has 20 heavy (non-hydrogen) atoms. The Kier molecular flexibility index (Phi) is 2.91. The van der Waals surface area contributed by atoms with Crippen LogP contribution in [-0.4, -0.2) is 9.67 Å². The van der Waals surface area contributed by atoms with Crippen molar-refractivity contribution in [2.75, 3.05) is 0 Å². The van der Waals surface area contributed by atoms with Gasteiger partial charge in [-0.25, -0.2) is 9.18 Å². The van der Waals surface area contributed by atoms with Crippen LogP contribution in [0.25, 0.3) is 11.1 Å². The summed E-state index contributed by atoms with van der Waals surface area (Å²) in [6.45, 7) is 0. The molecular weight excluding hydrogens is 261 g/mol. The van der Waals surface area contributed by atoms with Gasteiger partial charge in [-0.2, -0.15) is 0 Å². The van der Waals surface area contributed by atoms with Gasteiger partial charge in [0.2, 0.25) is 0 Å². The number of oxazole rings is 1. The fourth-order valence-electron chi connectivity index (χ4n) is 2.20. The van der Waals surface area contributed by atoms with Crippen molar-refractivity contribution in [1.29, 1.82) is 0 Å². The molecule has 1 N–H and O–H groups in total. The first-order chi connectivity index (χ1) is 9.58. The van der Waals surface area contributed by atoms with Crippen LogP contribution in [0.2, 0.25) is 0 Å². The summed E-state index contributed by atoms with van der Waals surface area (Å²) in [4.78, 5) is 11.4. The van der Waals surface area contributed by atoms with Crippen molar-refractivity contribution in [3.05, 3.63) is 70.0 Å². The van der Waals surface area contributed by atoms with Crippen molar-refractivity contribution in [3.63, 3.8) is 0 Å². The molecule has 0 amide bonds. The molecule has 3 aromatic rings. The number of halogens is 1. The Morgan fingerprint density at radius 3 is 2.75 bits per heavy atom. The molecule has 0 aliphatic heterocycles. The molecule has 1 heterocycles. The number of nitrogens with zero attached hydrogens (tertiary/aromatic N) is 1. The zero-order chi connectivity index (χ0) is 14.3. The highest BCUT2D eigenvalue weighted by atomic mass is 19.1. The van der Waals surface area contributed by atoms with E-state index in [-0.39, 0.29) is 5.56 Å². The van der Waals surface area contributed by atoms with E-state index in [2.05, 4.69) is 0 Å². The normalized spacial score (nSPS) is 12.8. The lowest BCUT2D eigenvalue weighted by Crippen LogP contribution is -2.08. The monoisotopic (exact) mass is 273 g/mol. The minimum absolute atomic E-state index is 0.185. The first-order valence-corrected chi connectivity index (χ1v) is 6.10. The van der Waals surface area contributed by atoms with Crippen LogP contribution in [0.5, 0.6) is 0 Å². The summed E-state index contributed by atoms with van der Waals surface area (Å²) in [5, 5.41) is 10.2. The van der Waals surface area contributed by atoms with Crippen LogP contribution < -0.4 is 5.76 Å². The minimum atomic E-state index is -1.11. The van der Waals surface area contributed by atoms with Gasteiger partial charge in [-0.05, 0) is 23.8 Å². The predicted molar refractivity (Wildman–Crippen MR) is 71.9 cm³/mol. The zero-order valence-corrected chi connectivity index (χ0v) is 10.7. The van der Waals surface area contributed by atoms with Gasteiger partial charge in [0.15, 0.2) is 5.58 Å². The van der Waals surface area contributed by atoms with Crippen LogP contribution in [0.15, 0.2) is 51.7 Å². The average Bonchev–Trinajstić information content (AvgIpc) is 2.73. The number of aryl methyl sites for hydroxylation is 1. The zero-order valence-electron chi connectivity index (χ0n) is 10.7. The molecule has 5 heteroatoms. The van der Waals surface area contributed by atoms with E-state index >= 15 is 0 Å². The first kappa shape index (κ1) is 12.6. The fourth-order valence-corrected chi connectivity index (χ4v) is 2.20. The number of aromatic nitrogens is 1. The molecule has 0 aliphatic rings. The molecule has 1 unspecified atom stereocenters. The van der Waals surface area contributed by atoms with Crippen LogP contribution in [0.3, 0.4) is 0 Å². The van der Waals surface area contributed by atoms with E-state index in [0.717, 1.165) is 0 Å². The van der Waals surface area contributed by atoms with Gasteiger partial charge in [0.05, 0.1) is 5.52 Å². The van der Waals surface area contributed by atoms with Gasteiger partial charge in [0, 0.05) is 12.6 Å². The summed E-state index contributed by atoms with van der Waals surface area (Å²) in [6, 6.07) is 10.9. The molecule has 0 spiro atoms. The molecule has 0 aliphatic carbocycles. The Bertz CT molecular complexity index is 834. The Labute approximate surface area is 113 Å². The Hall–Kier alpha value is -2.40. The number of hydrogen-bond donors (Lipinski definition) is 1. The van der Waals surface area contributed by atoms with Gasteiger partial charge in [0.25, 0.3) is 0 Å². The van der Waals surface area contributed by atoms with Crippen molar-refractivity contribution in [2.45, 2.75) is 6.10 Å². The molecular formula is C15H12FNO3. The van der Waals surface area contributed by atoms with Gasteiger partial charge in [-0.15, -0.1) is 0 Å². The van der Waals surface area contributed by atoms with Crippen molar-refractivity contribution < 1.29 is 13.9 Å². The van der Waals surface area contributed by atoms with Crippen LogP contribution in [0.1, 0.15) is 17.2 Å². The smallest absolute Gasteiger partial charge is 0.408 e. The maximum atomic E-state index is 13.7.